The van der Waals surface area contributed by atoms with E-state index in [1.54, 1.807) is 6.92 Å². The second-order valence-electron chi connectivity index (χ2n) is 3.32. The van der Waals surface area contributed by atoms with E-state index >= 15 is 0 Å². The molecule has 1 aromatic heterocycles. The summed E-state index contributed by atoms with van der Waals surface area (Å²) in [6.45, 7) is -0.621. The Bertz CT molecular complexity index is 392. The predicted octanol–water partition coefficient (Wildman–Crippen LogP) is 1.45. The number of aliphatic hydroxyl groups is 1. The molecule has 0 saturated heterocycles. The van der Waals surface area contributed by atoms with Crippen LogP contribution in [-0.2, 0) is 0 Å². The van der Waals surface area contributed by atoms with Gasteiger partial charge in [-0.1, -0.05) is 0 Å². The van der Waals surface area contributed by atoms with Crippen LogP contribution in [0.1, 0.15) is 15.5 Å². The van der Waals surface area contributed by atoms with Gasteiger partial charge in [-0.3, -0.25) is 4.79 Å². The van der Waals surface area contributed by atoms with E-state index in [0.717, 1.165) is 0 Å². The zero-order valence-electron chi connectivity index (χ0n) is 8.99. The molecule has 0 saturated carbocycles. The van der Waals surface area contributed by atoms with Crippen LogP contribution >= 0.6 is 11.3 Å². The molecule has 17 heavy (non-hydrogen) atoms. The van der Waals surface area contributed by atoms with E-state index in [0.29, 0.717) is 9.91 Å². The second-order valence-corrected chi connectivity index (χ2v) is 4.38. The van der Waals surface area contributed by atoms with Gasteiger partial charge in [-0.05, 0) is 6.92 Å². The number of carbonyl (C=O) groups is 1. The van der Waals surface area contributed by atoms with Crippen LogP contribution in [0, 0.1) is 6.92 Å². The third kappa shape index (κ3) is 4.31. The monoisotopic (exact) mass is 268 g/mol. The van der Waals surface area contributed by atoms with E-state index in [1.807, 2.05) is 0 Å². The number of carbonyl (C=O) groups excluding carboxylic acids is 1. The van der Waals surface area contributed by atoms with E-state index in [2.05, 4.69) is 4.98 Å². The highest BCUT2D eigenvalue weighted by Gasteiger charge is 2.33. The third-order valence-electron chi connectivity index (χ3n) is 1.87. The lowest BCUT2D eigenvalue weighted by molar-refractivity contribution is -0.141. The van der Waals surface area contributed by atoms with Crippen LogP contribution in [-0.4, -0.2) is 46.8 Å². The Morgan fingerprint density at radius 1 is 1.59 bits per heavy atom. The fraction of sp³-hybridized carbons (Fsp3) is 0.556. The Kier molecular flexibility index (Phi) is 4.47. The smallest absolute Gasteiger partial charge is 0.395 e. The number of rotatable bonds is 4. The van der Waals surface area contributed by atoms with Crippen LogP contribution in [0.4, 0.5) is 13.2 Å². The minimum Gasteiger partial charge on any atom is -0.395 e. The number of aromatic nitrogens is 1. The topological polar surface area (TPSA) is 53.4 Å². The molecule has 4 nitrogen and oxygen atoms in total. The van der Waals surface area contributed by atoms with E-state index in [-0.39, 0.29) is 12.2 Å². The zero-order chi connectivity index (χ0) is 13.1. The first kappa shape index (κ1) is 13.9. The summed E-state index contributed by atoms with van der Waals surface area (Å²) in [6.07, 6.45) is -4.49. The maximum Gasteiger partial charge on any atom is 0.406 e. The van der Waals surface area contributed by atoms with Crippen molar-refractivity contribution in [1.29, 1.82) is 0 Å². The average molecular weight is 268 g/mol. The van der Waals surface area contributed by atoms with Gasteiger partial charge in [-0.25, -0.2) is 4.98 Å². The van der Waals surface area contributed by atoms with E-state index in [1.165, 1.54) is 16.7 Å². The van der Waals surface area contributed by atoms with Crippen molar-refractivity contribution < 1.29 is 23.1 Å². The summed E-state index contributed by atoms with van der Waals surface area (Å²) in [6, 6.07) is 0. The lowest BCUT2D eigenvalue weighted by atomic mass is 10.3. The maximum absolute atomic E-state index is 12.2. The zero-order valence-corrected chi connectivity index (χ0v) is 9.81. The van der Waals surface area contributed by atoms with Crippen LogP contribution in [0.25, 0.3) is 0 Å². The van der Waals surface area contributed by atoms with Gasteiger partial charge in [0.25, 0.3) is 5.91 Å². The number of thiazole rings is 1. The Labute approximate surface area is 99.7 Å². The van der Waals surface area contributed by atoms with Crippen molar-refractivity contribution in [3.05, 3.63) is 16.1 Å². The molecule has 1 aromatic rings. The molecule has 8 heteroatoms. The minimum atomic E-state index is -4.49. The van der Waals surface area contributed by atoms with E-state index in [9.17, 15) is 18.0 Å². The number of alkyl halides is 3. The molecule has 1 N–H and O–H groups in total. The normalized spacial score (nSPS) is 11.6. The third-order valence-corrected chi connectivity index (χ3v) is 2.64. The molecule has 1 amide bonds. The average Bonchev–Trinajstić information content (AvgIpc) is 2.61. The first-order valence-corrected chi connectivity index (χ1v) is 5.60. The molecule has 1 heterocycles. The molecule has 96 valence electrons. The summed E-state index contributed by atoms with van der Waals surface area (Å²) in [5.74, 6) is -0.819. The van der Waals surface area contributed by atoms with Gasteiger partial charge in [0.2, 0.25) is 0 Å². The summed E-state index contributed by atoms with van der Waals surface area (Å²) >= 11 is 1.18. The fourth-order valence-corrected chi connectivity index (χ4v) is 1.80. The SMILES string of the molecule is Cc1nc(C(=O)N(CCO)CC(F)(F)F)cs1. The van der Waals surface area contributed by atoms with Crippen molar-refractivity contribution in [2.75, 3.05) is 19.7 Å². The molecule has 0 atom stereocenters. The van der Waals surface area contributed by atoms with Crippen molar-refractivity contribution in [2.24, 2.45) is 0 Å². The van der Waals surface area contributed by atoms with E-state index < -0.39 is 25.2 Å². The van der Waals surface area contributed by atoms with Crippen molar-refractivity contribution in [2.45, 2.75) is 13.1 Å². The Balaban J connectivity index is 2.80. The van der Waals surface area contributed by atoms with Crippen LogP contribution in [0.3, 0.4) is 0 Å². The molecule has 0 aliphatic rings. The van der Waals surface area contributed by atoms with Gasteiger partial charge in [0.15, 0.2) is 0 Å². The molecule has 0 aliphatic heterocycles. The molecular formula is C9H11F3N2O2S. The number of nitrogens with zero attached hydrogens (tertiary/aromatic N) is 2. The molecule has 0 spiro atoms. The lowest BCUT2D eigenvalue weighted by Gasteiger charge is -2.22. The number of amides is 1. The maximum atomic E-state index is 12.2. The molecular weight excluding hydrogens is 257 g/mol. The van der Waals surface area contributed by atoms with Crippen molar-refractivity contribution in [3.8, 4) is 0 Å². The summed E-state index contributed by atoms with van der Waals surface area (Å²) in [7, 11) is 0. The van der Waals surface area contributed by atoms with Gasteiger partial charge in [0, 0.05) is 11.9 Å². The number of aryl methyl sites for hydroxylation is 1. The molecule has 0 unspecified atom stereocenters. The Morgan fingerprint density at radius 3 is 2.65 bits per heavy atom. The van der Waals surface area contributed by atoms with Crippen LogP contribution in [0.5, 0.6) is 0 Å². The standard InChI is InChI=1S/C9H11F3N2O2S/c1-6-13-7(4-17-6)8(16)14(2-3-15)5-9(10,11)12/h4,15H,2-3,5H2,1H3. The molecule has 0 radical (unpaired) electrons. The van der Waals surface area contributed by atoms with Gasteiger partial charge < -0.3 is 10.0 Å². The predicted molar refractivity (Wildman–Crippen MR) is 55.9 cm³/mol. The van der Waals surface area contributed by atoms with Gasteiger partial charge in [-0.2, -0.15) is 13.2 Å². The van der Waals surface area contributed by atoms with Crippen molar-refractivity contribution in [1.82, 2.24) is 9.88 Å². The number of hydrogen-bond donors (Lipinski definition) is 1. The molecule has 0 aromatic carbocycles. The minimum absolute atomic E-state index is 0.0230. The quantitative estimate of drug-likeness (QED) is 0.899. The second kappa shape index (κ2) is 5.46. The van der Waals surface area contributed by atoms with Crippen molar-refractivity contribution >= 4 is 17.2 Å². The van der Waals surface area contributed by atoms with Crippen molar-refractivity contribution in [3.63, 3.8) is 0 Å². The first-order chi connectivity index (χ1) is 7.83. The number of hydrogen-bond acceptors (Lipinski definition) is 4. The first-order valence-electron chi connectivity index (χ1n) is 4.72. The summed E-state index contributed by atoms with van der Waals surface area (Å²) in [4.78, 5) is 16.0. The highest BCUT2D eigenvalue weighted by Crippen LogP contribution is 2.18. The van der Waals surface area contributed by atoms with Gasteiger partial charge >= 0.3 is 6.18 Å². The van der Waals surface area contributed by atoms with Gasteiger partial charge in [0.1, 0.15) is 12.2 Å². The lowest BCUT2D eigenvalue weighted by Crippen LogP contribution is -2.40. The van der Waals surface area contributed by atoms with Crippen LogP contribution < -0.4 is 0 Å². The molecule has 0 bridgehead atoms. The highest BCUT2D eigenvalue weighted by atomic mass is 32.1. The van der Waals surface area contributed by atoms with Crippen LogP contribution in [0.15, 0.2) is 5.38 Å². The summed E-state index contributed by atoms with van der Waals surface area (Å²) in [5, 5.41) is 10.7. The Morgan fingerprint density at radius 2 is 2.24 bits per heavy atom. The summed E-state index contributed by atoms with van der Waals surface area (Å²) < 4.78 is 36.7. The van der Waals surface area contributed by atoms with Gasteiger partial charge in [0.05, 0.1) is 11.6 Å². The largest absolute Gasteiger partial charge is 0.406 e. The number of halogens is 3. The number of aliphatic hydroxyl groups excluding tert-OH is 1. The highest BCUT2D eigenvalue weighted by molar-refractivity contribution is 7.09. The van der Waals surface area contributed by atoms with E-state index in [4.69, 9.17) is 5.11 Å². The van der Waals surface area contributed by atoms with Crippen LogP contribution in [0.2, 0.25) is 0 Å². The molecule has 0 fully saturated rings. The fourth-order valence-electron chi connectivity index (χ4n) is 1.21. The van der Waals surface area contributed by atoms with Gasteiger partial charge in [-0.15, -0.1) is 11.3 Å². The Hall–Kier alpha value is -1.15. The molecule has 0 aliphatic carbocycles. The summed E-state index contributed by atoms with van der Waals surface area (Å²) in [5.41, 5.74) is -0.0230. The molecule has 1 rings (SSSR count).